The molecule has 1 aromatic carbocycles. The summed E-state index contributed by atoms with van der Waals surface area (Å²) in [4.78, 5) is 25.5. The Balaban J connectivity index is 1.37. The minimum atomic E-state index is -0.0383. The average Bonchev–Trinajstić information content (AvgIpc) is 3.51. The maximum Gasteiger partial charge on any atom is 0.229 e. The van der Waals surface area contributed by atoms with E-state index in [2.05, 4.69) is 43.5 Å². The molecule has 2 N–H and O–H groups in total. The summed E-state index contributed by atoms with van der Waals surface area (Å²) in [5.41, 5.74) is 2.53. The zero-order valence-electron chi connectivity index (χ0n) is 16.8. The third-order valence-corrected chi connectivity index (χ3v) is 5.73. The second-order valence-electron chi connectivity index (χ2n) is 8.16. The number of Topliss-reactive ketones (excluding diaryl/α,β-unsaturated/α-hetero) is 1. The van der Waals surface area contributed by atoms with Crippen LogP contribution >= 0.6 is 0 Å². The molecular formula is C21H26N6O2. The largest absolute Gasteiger partial charge is 0.489 e. The average molecular weight is 394 g/mol. The molecule has 1 aromatic heterocycles. The van der Waals surface area contributed by atoms with Crippen molar-refractivity contribution < 1.29 is 9.53 Å². The monoisotopic (exact) mass is 394 g/mol. The van der Waals surface area contributed by atoms with Gasteiger partial charge in [0.05, 0.1) is 17.3 Å². The van der Waals surface area contributed by atoms with Crippen LogP contribution in [0, 0.1) is 0 Å². The molecule has 0 radical (unpaired) electrons. The predicted octanol–water partition coefficient (Wildman–Crippen LogP) is 2.51. The molecule has 1 saturated carbocycles. The summed E-state index contributed by atoms with van der Waals surface area (Å²) < 4.78 is 6.05. The van der Waals surface area contributed by atoms with Gasteiger partial charge in [0, 0.05) is 43.6 Å². The highest BCUT2D eigenvalue weighted by molar-refractivity contribution is 5.98. The molecule has 2 aromatic rings. The van der Waals surface area contributed by atoms with Crippen LogP contribution < -0.4 is 20.3 Å². The first-order chi connectivity index (χ1) is 14.1. The van der Waals surface area contributed by atoms with Crippen molar-refractivity contribution in [3.8, 4) is 5.75 Å². The van der Waals surface area contributed by atoms with E-state index in [1.807, 2.05) is 12.1 Å². The van der Waals surface area contributed by atoms with Crippen LogP contribution in [0.15, 0.2) is 24.4 Å². The van der Waals surface area contributed by atoms with Gasteiger partial charge < -0.3 is 25.2 Å². The zero-order valence-corrected chi connectivity index (χ0v) is 16.8. The van der Waals surface area contributed by atoms with E-state index in [4.69, 9.17) is 4.74 Å². The maximum atomic E-state index is 11.9. The van der Waals surface area contributed by atoms with Crippen molar-refractivity contribution in [3.05, 3.63) is 30.0 Å². The number of aromatic nitrogens is 2. The number of anilines is 4. The van der Waals surface area contributed by atoms with E-state index in [0.717, 1.165) is 49.6 Å². The molecule has 152 valence electrons. The Morgan fingerprint density at radius 1 is 1.28 bits per heavy atom. The highest BCUT2D eigenvalue weighted by Gasteiger charge is 2.31. The molecule has 1 atom stereocenters. The fourth-order valence-electron chi connectivity index (χ4n) is 3.96. The quantitative estimate of drug-likeness (QED) is 0.749. The second kappa shape index (κ2) is 7.18. The van der Waals surface area contributed by atoms with E-state index >= 15 is 0 Å². The van der Waals surface area contributed by atoms with Gasteiger partial charge in [0.25, 0.3) is 0 Å². The van der Waals surface area contributed by atoms with Gasteiger partial charge in [-0.25, -0.2) is 4.98 Å². The Hall–Kier alpha value is -2.87. The number of carbonyl (C=O) groups is 1. The number of rotatable bonds is 5. The number of piperazine rings is 1. The molecule has 5 rings (SSSR count). The van der Waals surface area contributed by atoms with Gasteiger partial charge in [-0.2, -0.15) is 4.98 Å². The molecule has 1 aliphatic carbocycles. The minimum absolute atomic E-state index is 0.0383. The van der Waals surface area contributed by atoms with E-state index < -0.39 is 0 Å². The molecule has 1 saturated heterocycles. The number of nitrogens with zero attached hydrogens (tertiary/aromatic N) is 4. The fourth-order valence-corrected chi connectivity index (χ4v) is 3.96. The molecular weight excluding hydrogens is 368 g/mol. The van der Waals surface area contributed by atoms with Crippen LogP contribution in [0.3, 0.4) is 0 Å². The summed E-state index contributed by atoms with van der Waals surface area (Å²) in [7, 11) is 2.16. The van der Waals surface area contributed by atoms with E-state index in [1.165, 1.54) is 6.92 Å². The zero-order chi connectivity index (χ0) is 20.0. The lowest BCUT2D eigenvalue weighted by Crippen LogP contribution is -2.56. The number of carbonyl (C=O) groups excluding carboxylic acids is 1. The molecule has 3 aliphatic rings. The van der Waals surface area contributed by atoms with Gasteiger partial charge in [0.15, 0.2) is 5.78 Å². The number of ketones is 1. The fraction of sp³-hybridized carbons (Fsp3) is 0.476. The first-order valence-electron chi connectivity index (χ1n) is 10.2. The lowest BCUT2D eigenvalue weighted by Gasteiger charge is -2.44. The van der Waals surface area contributed by atoms with E-state index in [9.17, 15) is 4.79 Å². The first-order valence-corrected chi connectivity index (χ1v) is 10.2. The van der Waals surface area contributed by atoms with Crippen molar-refractivity contribution in [1.29, 1.82) is 0 Å². The van der Waals surface area contributed by atoms with Crippen molar-refractivity contribution in [2.24, 2.45) is 0 Å². The first kappa shape index (κ1) is 18.2. The number of nitrogens with one attached hydrogen (secondary N) is 2. The number of hydrogen-bond acceptors (Lipinski definition) is 8. The van der Waals surface area contributed by atoms with Gasteiger partial charge in [-0.1, -0.05) is 0 Å². The molecule has 0 unspecified atom stereocenters. The third-order valence-electron chi connectivity index (χ3n) is 5.73. The molecule has 0 amide bonds. The number of fused-ring (bicyclic) bond motifs is 3. The van der Waals surface area contributed by atoms with Gasteiger partial charge >= 0.3 is 0 Å². The molecule has 8 nitrogen and oxygen atoms in total. The van der Waals surface area contributed by atoms with Gasteiger partial charge in [-0.15, -0.1) is 0 Å². The maximum absolute atomic E-state index is 11.9. The number of ether oxygens (including phenoxy) is 1. The standard InChI is InChI=1S/C21H26N6O2/c1-13(28)17-10-22-21(25-20(17)23-14-3-4-14)24-15-5-6-18-19(9-15)29-12-16-11-26(2)7-8-27(16)18/h5-6,9-10,14,16H,3-4,7-8,11-12H2,1-2H3,(H2,22,23,24,25)/t16-/m0/s1. The minimum Gasteiger partial charge on any atom is -0.489 e. The molecule has 2 fully saturated rings. The smallest absolute Gasteiger partial charge is 0.229 e. The Morgan fingerprint density at radius 3 is 2.93 bits per heavy atom. The molecule has 2 aliphatic heterocycles. The molecule has 3 heterocycles. The van der Waals surface area contributed by atoms with Crippen LogP contribution in [0.5, 0.6) is 5.75 Å². The Morgan fingerprint density at radius 2 is 2.14 bits per heavy atom. The van der Waals surface area contributed by atoms with Crippen LogP contribution in [0.4, 0.5) is 23.1 Å². The number of benzene rings is 1. The molecule has 0 spiro atoms. The van der Waals surface area contributed by atoms with Crippen molar-refractivity contribution in [3.63, 3.8) is 0 Å². The Labute approximate surface area is 170 Å². The highest BCUT2D eigenvalue weighted by Crippen LogP contribution is 2.37. The normalized spacial score (nSPS) is 21.0. The number of hydrogen-bond donors (Lipinski definition) is 2. The van der Waals surface area contributed by atoms with Crippen molar-refractivity contribution in [2.75, 3.05) is 48.8 Å². The lowest BCUT2D eigenvalue weighted by molar-refractivity contribution is 0.101. The van der Waals surface area contributed by atoms with Gasteiger partial charge in [-0.3, -0.25) is 4.79 Å². The van der Waals surface area contributed by atoms with E-state index in [-0.39, 0.29) is 5.78 Å². The summed E-state index contributed by atoms with van der Waals surface area (Å²) in [5.74, 6) is 1.91. The van der Waals surface area contributed by atoms with Crippen LogP contribution in [-0.4, -0.2) is 66.0 Å². The van der Waals surface area contributed by atoms with Gasteiger partial charge in [0.2, 0.25) is 5.95 Å². The summed E-state index contributed by atoms with van der Waals surface area (Å²) in [6, 6.07) is 6.94. The van der Waals surface area contributed by atoms with E-state index in [1.54, 1.807) is 6.20 Å². The highest BCUT2D eigenvalue weighted by atomic mass is 16.5. The van der Waals surface area contributed by atoms with Crippen molar-refractivity contribution in [2.45, 2.75) is 31.8 Å². The lowest BCUT2D eigenvalue weighted by atomic mass is 10.1. The predicted molar refractivity (Wildman–Crippen MR) is 113 cm³/mol. The Bertz CT molecular complexity index is 945. The van der Waals surface area contributed by atoms with Gasteiger partial charge in [-0.05, 0) is 38.9 Å². The second-order valence-corrected chi connectivity index (χ2v) is 8.16. The summed E-state index contributed by atoms with van der Waals surface area (Å²) in [6.07, 6.45) is 3.81. The number of likely N-dealkylation sites (N-methyl/N-ethyl adjacent to an activating group) is 1. The van der Waals surface area contributed by atoms with Crippen molar-refractivity contribution >= 4 is 28.9 Å². The van der Waals surface area contributed by atoms with Crippen LogP contribution in [0.2, 0.25) is 0 Å². The topological polar surface area (TPSA) is 82.6 Å². The van der Waals surface area contributed by atoms with Crippen molar-refractivity contribution in [1.82, 2.24) is 14.9 Å². The summed E-state index contributed by atoms with van der Waals surface area (Å²) >= 11 is 0. The van der Waals surface area contributed by atoms with E-state index in [0.29, 0.717) is 36.0 Å². The molecule has 29 heavy (non-hydrogen) atoms. The van der Waals surface area contributed by atoms with Crippen LogP contribution in [0.1, 0.15) is 30.1 Å². The SMILES string of the molecule is CC(=O)c1cnc(Nc2ccc3c(c2)OC[C@@H]2CN(C)CCN32)nc1NC1CC1. The van der Waals surface area contributed by atoms with Crippen LogP contribution in [0.25, 0.3) is 0 Å². The third kappa shape index (κ3) is 3.72. The van der Waals surface area contributed by atoms with Gasteiger partial charge in [0.1, 0.15) is 18.2 Å². The Kier molecular flexibility index (Phi) is 4.50. The molecule has 8 heteroatoms. The molecule has 0 bridgehead atoms. The van der Waals surface area contributed by atoms with Crippen LogP contribution in [-0.2, 0) is 0 Å². The summed E-state index contributed by atoms with van der Waals surface area (Å²) in [5, 5.41) is 6.58. The summed E-state index contributed by atoms with van der Waals surface area (Å²) in [6.45, 7) is 5.32.